The number of carbonyl (C=O) groups excluding carboxylic acids is 1. The zero-order valence-corrected chi connectivity index (χ0v) is 13.4. The lowest BCUT2D eigenvalue weighted by molar-refractivity contribution is -0.136. The van der Waals surface area contributed by atoms with Gasteiger partial charge in [0.2, 0.25) is 0 Å². The first-order valence-electron chi connectivity index (χ1n) is 6.80. The summed E-state index contributed by atoms with van der Waals surface area (Å²) in [5, 5.41) is 0.766. The van der Waals surface area contributed by atoms with E-state index in [1.807, 2.05) is 0 Å². The van der Waals surface area contributed by atoms with Gasteiger partial charge in [-0.25, -0.2) is 4.79 Å². The van der Waals surface area contributed by atoms with Crippen LogP contribution in [0.1, 0.15) is 0 Å². The summed E-state index contributed by atoms with van der Waals surface area (Å²) < 4.78 is 21.3. The SMILES string of the molecule is O=C(COc1ccc(Cl)c(Cl)c1)Oc1ccc2c(c1)OCCO2. The Morgan fingerprint density at radius 3 is 2.48 bits per heavy atom. The van der Waals surface area contributed by atoms with Gasteiger partial charge in [0.1, 0.15) is 24.7 Å². The summed E-state index contributed by atoms with van der Waals surface area (Å²) in [6, 6.07) is 9.66. The number of halogens is 2. The summed E-state index contributed by atoms with van der Waals surface area (Å²) in [6.07, 6.45) is 0. The number of esters is 1. The first-order chi connectivity index (χ1) is 11.1. The lowest BCUT2D eigenvalue weighted by atomic mass is 10.3. The molecule has 23 heavy (non-hydrogen) atoms. The van der Waals surface area contributed by atoms with Crippen molar-refractivity contribution in [2.24, 2.45) is 0 Å². The van der Waals surface area contributed by atoms with E-state index in [1.54, 1.807) is 30.3 Å². The van der Waals surface area contributed by atoms with Crippen molar-refractivity contribution in [2.75, 3.05) is 19.8 Å². The molecule has 0 N–H and O–H groups in total. The number of hydrogen-bond donors (Lipinski definition) is 0. The fourth-order valence-electron chi connectivity index (χ4n) is 1.96. The van der Waals surface area contributed by atoms with Crippen molar-refractivity contribution in [3.63, 3.8) is 0 Å². The molecular formula is C16H12Cl2O5. The van der Waals surface area contributed by atoms with Crippen LogP contribution < -0.4 is 18.9 Å². The van der Waals surface area contributed by atoms with Crippen molar-refractivity contribution >= 4 is 29.2 Å². The molecule has 3 rings (SSSR count). The van der Waals surface area contributed by atoms with Gasteiger partial charge in [-0.2, -0.15) is 0 Å². The molecule has 0 bridgehead atoms. The lowest BCUT2D eigenvalue weighted by Gasteiger charge is -2.18. The standard InChI is InChI=1S/C16H12Cl2O5/c17-12-3-1-10(7-13(12)18)22-9-16(19)23-11-2-4-14-15(8-11)21-6-5-20-14/h1-4,7-8H,5-6,9H2. The Morgan fingerprint density at radius 2 is 1.70 bits per heavy atom. The van der Waals surface area contributed by atoms with Crippen LogP contribution in [0, 0.1) is 0 Å². The number of hydrogen-bond acceptors (Lipinski definition) is 5. The molecule has 2 aromatic carbocycles. The normalized spacial score (nSPS) is 12.6. The second-order valence-corrected chi connectivity index (χ2v) is 5.46. The zero-order valence-electron chi connectivity index (χ0n) is 11.9. The molecule has 0 fully saturated rings. The molecule has 0 unspecified atom stereocenters. The van der Waals surface area contributed by atoms with Gasteiger partial charge in [0.15, 0.2) is 18.1 Å². The van der Waals surface area contributed by atoms with Gasteiger partial charge < -0.3 is 18.9 Å². The van der Waals surface area contributed by atoms with Crippen molar-refractivity contribution in [1.29, 1.82) is 0 Å². The van der Waals surface area contributed by atoms with Crippen LogP contribution in [-0.2, 0) is 4.79 Å². The van der Waals surface area contributed by atoms with Gasteiger partial charge in [-0.05, 0) is 24.3 Å². The molecule has 0 amide bonds. The van der Waals surface area contributed by atoms with Crippen LogP contribution in [-0.4, -0.2) is 25.8 Å². The molecule has 2 aromatic rings. The minimum Gasteiger partial charge on any atom is -0.486 e. The maximum atomic E-state index is 11.8. The topological polar surface area (TPSA) is 54.0 Å². The summed E-state index contributed by atoms with van der Waals surface area (Å²) in [6.45, 7) is 0.709. The van der Waals surface area contributed by atoms with Crippen LogP contribution in [0.3, 0.4) is 0 Å². The fraction of sp³-hybridized carbons (Fsp3) is 0.188. The molecular weight excluding hydrogens is 343 g/mol. The van der Waals surface area contributed by atoms with E-state index in [2.05, 4.69) is 0 Å². The number of ether oxygens (including phenoxy) is 4. The van der Waals surface area contributed by atoms with Gasteiger partial charge in [0, 0.05) is 12.1 Å². The van der Waals surface area contributed by atoms with Gasteiger partial charge in [-0.15, -0.1) is 0 Å². The average Bonchev–Trinajstić information content (AvgIpc) is 2.56. The zero-order chi connectivity index (χ0) is 16.2. The highest BCUT2D eigenvalue weighted by molar-refractivity contribution is 6.42. The lowest BCUT2D eigenvalue weighted by Crippen LogP contribution is -2.18. The van der Waals surface area contributed by atoms with E-state index in [1.165, 1.54) is 6.07 Å². The minimum atomic E-state index is -0.548. The Labute approximate surface area is 142 Å². The fourth-order valence-corrected chi connectivity index (χ4v) is 2.25. The maximum absolute atomic E-state index is 11.8. The Hall–Kier alpha value is -2.11. The van der Waals surface area contributed by atoms with Gasteiger partial charge in [-0.1, -0.05) is 23.2 Å². The van der Waals surface area contributed by atoms with Crippen molar-refractivity contribution in [3.8, 4) is 23.0 Å². The van der Waals surface area contributed by atoms with Gasteiger partial charge in [-0.3, -0.25) is 0 Å². The van der Waals surface area contributed by atoms with E-state index in [4.69, 9.17) is 42.1 Å². The van der Waals surface area contributed by atoms with Crippen molar-refractivity contribution < 1.29 is 23.7 Å². The van der Waals surface area contributed by atoms with Crippen molar-refractivity contribution in [1.82, 2.24) is 0 Å². The van der Waals surface area contributed by atoms with Crippen LogP contribution in [0.4, 0.5) is 0 Å². The highest BCUT2D eigenvalue weighted by Gasteiger charge is 2.14. The van der Waals surface area contributed by atoms with Crippen molar-refractivity contribution in [2.45, 2.75) is 0 Å². The third-order valence-electron chi connectivity index (χ3n) is 2.99. The predicted molar refractivity (Wildman–Crippen MR) is 85.0 cm³/mol. The smallest absolute Gasteiger partial charge is 0.349 e. The summed E-state index contributed by atoms with van der Waals surface area (Å²) in [5.74, 6) is 1.42. The van der Waals surface area contributed by atoms with Crippen LogP contribution >= 0.6 is 23.2 Å². The molecule has 0 radical (unpaired) electrons. The number of benzene rings is 2. The van der Waals surface area contributed by atoms with Crippen molar-refractivity contribution in [3.05, 3.63) is 46.4 Å². The summed E-state index contributed by atoms with van der Waals surface area (Å²) >= 11 is 11.7. The minimum absolute atomic E-state index is 0.258. The average molecular weight is 355 g/mol. The van der Waals surface area contributed by atoms with Gasteiger partial charge in [0.25, 0.3) is 0 Å². The predicted octanol–water partition coefficient (Wildman–Crippen LogP) is 3.75. The first-order valence-corrected chi connectivity index (χ1v) is 7.55. The Morgan fingerprint density at radius 1 is 0.957 bits per heavy atom. The third-order valence-corrected chi connectivity index (χ3v) is 3.73. The van der Waals surface area contributed by atoms with Crippen LogP contribution in [0.25, 0.3) is 0 Å². The highest BCUT2D eigenvalue weighted by Crippen LogP contribution is 2.33. The molecule has 1 aliphatic heterocycles. The molecule has 0 aliphatic carbocycles. The van der Waals surface area contributed by atoms with E-state index >= 15 is 0 Å². The van der Waals surface area contributed by atoms with E-state index in [0.29, 0.717) is 46.3 Å². The monoisotopic (exact) mass is 354 g/mol. The molecule has 0 saturated heterocycles. The van der Waals surface area contributed by atoms with Crippen LogP contribution in [0.5, 0.6) is 23.0 Å². The largest absolute Gasteiger partial charge is 0.486 e. The van der Waals surface area contributed by atoms with E-state index in [9.17, 15) is 4.79 Å². The van der Waals surface area contributed by atoms with E-state index in [0.717, 1.165) is 0 Å². The highest BCUT2D eigenvalue weighted by atomic mass is 35.5. The Balaban J connectivity index is 1.57. The summed E-state index contributed by atoms with van der Waals surface area (Å²) in [4.78, 5) is 11.8. The molecule has 7 heteroatoms. The molecule has 120 valence electrons. The number of carbonyl (C=O) groups is 1. The Bertz CT molecular complexity index is 732. The van der Waals surface area contributed by atoms with E-state index in [-0.39, 0.29) is 6.61 Å². The van der Waals surface area contributed by atoms with Gasteiger partial charge >= 0.3 is 5.97 Å². The van der Waals surface area contributed by atoms with E-state index < -0.39 is 5.97 Å². The molecule has 5 nitrogen and oxygen atoms in total. The first kappa shape index (κ1) is 15.8. The molecule has 0 saturated carbocycles. The second kappa shape index (κ2) is 6.98. The third kappa shape index (κ3) is 4.00. The molecule has 0 atom stereocenters. The summed E-state index contributed by atoms with van der Waals surface area (Å²) in [7, 11) is 0. The van der Waals surface area contributed by atoms with Crippen LogP contribution in [0.2, 0.25) is 10.0 Å². The number of rotatable bonds is 4. The molecule has 0 aromatic heterocycles. The van der Waals surface area contributed by atoms with Gasteiger partial charge in [0.05, 0.1) is 10.0 Å². The van der Waals surface area contributed by atoms with Crippen LogP contribution in [0.15, 0.2) is 36.4 Å². The second-order valence-electron chi connectivity index (χ2n) is 4.64. The quantitative estimate of drug-likeness (QED) is 0.618. The molecule has 1 heterocycles. The Kier molecular flexibility index (Phi) is 4.79. The number of fused-ring (bicyclic) bond motifs is 1. The molecule has 1 aliphatic rings. The summed E-state index contributed by atoms with van der Waals surface area (Å²) in [5.41, 5.74) is 0. The maximum Gasteiger partial charge on any atom is 0.349 e. The molecule has 0 spiro atoms.